The van der Waals surface area contributed by atoms with E-state index in [1.54, 1.807) is 7.05 Å². The van der Waals surface area contributed by atoms with Crippen molar-refractivity contribution in [1.82, 2.24) is 16.0 Å². The first-order valence-corrected chi connectivity index (χ1v) is 4.99. The zero-order chi connectivity index (χ0) is 9.52. The topological polar surface area (TPSA) is 53.2 Å². The molecule has 1 aliphatic heterocycles. The zero-order valence-electron chi connectivity index (χ0n) is 8.23. The minimum atomic E-state index is -0.0751. The predicted molar refractivity (Wildman–Crippen MR) is 52.7 cm³/mol. The van der Waals surface area contributed by atoms with Gasteiger partial charge in [0.05, 0.1) is 0 Å². The molecule has 3 N–H and O–H groups in total. The van der Waals surface area contributed by atoms with E-state index >= 15 is 0 Å². The number of rotatable bonds is 3. The van der Waals surface area contributed by atoms with Crippen molar-refractivity contribution in [3.63, 3.8) is 0 Å². The Balaban J connectivity index is 2.01. The summed E-state index contributed by atoms with van der Waals surface area (Å²) in [5, 5.41) is 8.67. The summed E-state index contributed by atoms with van der Waals surface area (Å²) < 4.78 is 0. The maximum atomic E-state index is 10.8. The van der Waals surface area contributed by atoms with Crippen LogP contribution in [0.4, 0.5) is 4.79 Å². The lowest BCUT2D eigenvalue weighted by atomic mass is 9.95. The molecule has 4 nitrogen and oxygen atoms in total. The van der Waals surface area contributed by atoms with Gasteiger partial charge in [0, 0.05) is 13.6 Å². The van der Waals surface area contributed by atoms with E-state index in [0.717, 1.165) is 32.0 Å². The minimum absolute atomic E-state index is 0.0751. The van der Waals surface area contributed by atoms with Crippen LogP contribution < -0.4 is 16.0 Å². The third-order valence-corrected chi connectivity index (χ3v) is 2.52. The van der Waals surface area contributed by atoms with E-state index in [-0.39, 0.29) is 6.03 Å². The molecule has 0 bridgehead atoms. The monoisotopic (exact) mass is 185 g/mol. The van der Waals surface area contributed by atoms with Crippen LogP contribution in [0.3, 0.4) is 0 Å². The summed E-state index contributed by atoms with van der Waals surface area (Å²) in [6.07, 6.45) is 3.60. The number of carbonyl (C=O) groups excluding carboxylic acids is 1. The van der Waals surface area contributed by atoms with Crippen LogP contribution in [-0.2, 0) is 0 Å². The highest BCUT2D eigenvalue weighted by molar-refractivity contribution is 5.73. The van der Waals surface area contributed by atoms with Gasteiger partial charge >= 0.3 is 6.03 Å². The maximum absolute atomic E-state index is 10.8. The Morgan fingerprint density at radius 1 is 1.46 bits per heavy atom. The van der Waals surface area contributed by atoms with Gasteiger partial charge in [-0.3, -0.25) is 0 Å². The normalized spacial score (nSPS) is 18.2. The lowest BCUT2D eigenvalue weighted by Crippen LogP contribution is -2.35. The Hall–Kier alpha value is -0.770. The summed E-state index contributed by atoms with van der Waals surface area (Å²) in [5.41, 5.74) is 0. The molecule has 1 aliphatic rings. The summed E-state index contributed by atoms with van der Waals surface area (Å²) in [4.78, 5) is 10.8. The van der Waals surface area contributed by atoms with E-state index in [9.17, 15) is 4.79 Å². The van der Waals surface area contributed by atoms with Crippen LogP contribution >= 0.6 is 0 Å². The smallest absolute Gasteiger partial charge is 0.314 e. The van der Waals surface area contributed by atoms with Gasteiger partial charge < -0.3 is 16.0 Å². The lowest BCUT2D eigenvalue weighted by Gasteiger charge is -2.22. The number of hydrogen-bond donors (Lipinski definition) is 3. The second-order valence-corrected chi connectivity index (χ2v) is 3.49. The molecular weight excluding hydrogens is 166 g/mol. The fourth-order valence-corrected chi connectivity index (χ4v) is 1.65. The minimum Gasteiger partial charge on any atom is -0.341 e. The Bertz CT molecular complexity index is 155. The van der Waals surface area contributed by atoms with Gasteiger partial charge in [-0.15, -0.1) is 0 Å². The molecule has 76 valence electrons. The van der Waals surface area contributed by atoms with Crippen molar-refractivity contribution in [2.24, 2.45) is 5.92 Å². The molecule has 0 spiro atoms. The third-order valence-electron chi connectivity index (χ3n) is 2.52. The van der Waals surface area contributed by atoms with Gasteiger partial charge in [-0.25, -0.2) is 4.79 Å². The summed E-state index contributed by atoms with van der Waals surface area (Å²) in [6, 6.07) is -0.0751. The van der Waals surface area contributed by atoms with Crippen LogP contribution in [0.1, 0.15) is 19.3 Å². The van der Waals surface area contributed by atoms with E-state index in [1.165, 1.54) is 12.8 Å². The fraction of sp³-hybridized carbons (Fsp3) is 0.889. The third kappa shape index (κ3) is 4.12. The summed E-state index contributed by atoms with van der Waals surface area (Å²) >= 11 is 0. The fourth-order valence-electron chi connectivity index (χ4n) is 1.65. The van der Waals surface area contributed by atoms with Crippen molar-refractivity contribution >= 4 is 6.03 Å². The molecule has 1 heterocycles. The first-order chi connectivity index (χ1) is 6.33. The number of piperidine rings is 1. The molecule has 2 amide bonds. The van der Waals surface area contributed by atoms with Gasteiger partial charge in [0.1, 0.15) is 0 Å². The number of nitrogens with one attached hydrogen (secondary N) is 3. The molecule has 0 aromatic heterocycles. The second-order valence-electron chi connectivity index (χ2n) is 3.49. The van der Waals surface area contributed by atoms with E-state index < -0.39 is 0 Å². The van der Waals surface area contributed by atoms with E-state index in [0.29, 0.717) is 0 Å². The van der Waals surface area contributed by atoms with Crippen LogP contribution in [0.2, 0.25) is 0 Å². The Morgan fingerprint density at radius 3 is 2.77 bits per heavy atom. The Kier molecular flexibility index (Phi) is 4.60. The van der Waals surface area contributed by atoms with Gasteiger partial charge in [-0.05, 0) is 38.3 Å². The first kappa shape index (κ1) is 10.3. The highest BCUT2D eigenvalue weighted by atomic mass is 16.2. The van der Waals surface area contributed by atoms with Gasteiger partial charge in [-0.1, -0.05) is 0 Å². The molecule has 0 aromatic carbocycles. The zero-order valence-corrected chi connectivity index (χ0v) is 8.23. The van der Waals surface area contributed by atoms with Crippen molar-refractivity contribution < 1.29 is 4.79 Å². The molecule has 1 rings (SSSR count). The van der Waals surface area contributed by atoms with Crippen molar-refractivity contribution in [1.29, 1.82) is 0 Å². The summed E-state index contributed by atoms with van der Waals surface area (Å²) in [6.45, 7) is 3.06. The standard InChI is InChI=1S/C9H19N3O/c1-10-9(13)12-7-4-8-2-5-11-6-3-8/h8,11H,2-7H2,1H3,(H2,10,12,13). The number of urea groups is 1. The van der Waals surface area contributed by atoms with Gasteiger partial charge in [0.2, 0.25) is 0 Å². The van der Waals surface area contributed by atoms with Crippen LogP contribution in [0, 0.1) is 5.92 Å². The quantitative estimate of drug-likeness (QED) is 0.592. The van der Waals surface area contributed by atoms with Crippen LogP contribution in [0.25, 0.3) is 0 Å². The molecule has 0 saturated carbocycles. The lowest BCUT2D eigenvalue weighted by molar-refractivity contribution is 0.241. The predicted octanol–water partition coefficient (Wildman–Crippen LogP) is 0.305. The Morgan fingerprint density at radius 2 is 2.15 bits per heavy atom. The summed E-state index contributed by atoms with van der Waals surface area (Å²) in [5.74, 6) is 0.790. The van der Waals surface area contributed by atoms with Gasteiger partial charge in [-0.2, -0.15) is 0 Å². The number of carbonyl (C=O) groups is 1. The SMILES string of the molecule is CNC(=O)NCCC1CCNCC1. The average Bonchev–Trinajstić information content (AvgIpc) is 2.19. The summed E-state index contributed by atoms with van der Waals surface area (Å²) in [7, 11) is 1.64. The van der Waals surface area contributed by atoms with Crippen molar-refractivity contribution in [2.45, 2.75) is 19.3 Å². The Labute approximate surface area is 79.5 Å². The van der Waals surface area contributed by atoms with Crippen LogP contribution in [0.15, 0.2) is 0 Å². The molecule has 0 atom stereocenters. The van der Waals surface area contributed by atoms with Crippen molar-refractivity contribution in [2.75, 3.05) is 26.7 Å². The second kappa shape index (κ2) is 5.80. The number of hydrogen-bond acceptors (Lipinski definition) is 2. The highest BCUT2D eigenvalue weighted by Gasteiger charge is 2.12. The van der Waals surface area contributed by atoms with Gasteiger partial charge in [0.15, 0.2) is 0 Å². The maximum Gasteiger partial charge on any atom is 0.314 e. The molecule has 0 unspecified atom stereocenters. The number of amides is 2. The molecule has 1 saturated heterocycles. The molecule has 0 radical (unpaired) electrons. The molecule has 0 aliphatic carbocycles. The van der Waals surface area contributed by atoms with E-state index in [4.69, 9.17) is 0 Å². The first-order valence-electron chi connectivity index (χ1n) is 4.99. The highest BCUT2D eigenvalue weighted by Crippen LogP contribution is 2.14. The van der Waals surface area contributed by atoms with Crippen LogP contribution in [0.5, 0.6) is 0 Å². The largest absolute Gasteiger partial charge is 0.341 e. The molecule has 13 heavy (non-hydrogen) atoms. The molecule has 1 fully saturated rings. The van der Waals surface area contributed by atoms with Crippen molar-refractivity contribution in [3.05, 3.63) is 0 Å². The molecule has 0 aromatic rings. The van der Waals surface area contributed by atoms with Crippen molar-refractivity contribution in [3.8, 4) is 0 Å². The van der Waals surface area contributed by atoms with Crippen LogP contribution in [-0.4, -0.2) is 32.7 Å². The van der Waals surface area contributed by atoms with Gasteiger partial charge in [0.25, 0.3) is 0 Å². The molecular formula is C9H19N3O. The average molecular weight is 185 g/mol. The van der Waals surface area contributed by atoms with E-state index in [1.807, 2.05) is 0 Å². The van der Waals surface area contributed by atoms with E-state index in [2.05, 4.69) is 16.0 Å². The molecule has 4 heteroatoms.